The van der Waals surface area contributed by atoms with Crippen molar-refractivity contribution in [2.24, 2.45) is 0 Å². The zero-order chi connectivity index (χ0) is 8.97. The van der Waals surface area contributed by atoms with Crippen LogP contribution in [0.2, 0.25) is 0 Å². The van der Waals surface area contributed by atoms with Gasteiger partial charge in [-0.05, 0) is 19.4 Å². The summed E-state index contributed by atoms with van der Waals surface area (Å²) < 4.78 is 18.9. The number of carbonyl (C=O) groups excluding carboxylic acids is 1. The van der Waals surface area contributed by atoms with E-state index in [1.165, 1.54) is 0 Å². The molecule has 1 heterocycles. The smallest absolute Gasteiger partial charge is 0.154 e. The van der Waals surface area contributed by atoms with E-state index in [4.69, 9.17) is 4.55 Å². The molecule has 0 amide bonds. The molecule has 1 fully saturated rings. The van der Waals surface area contributed by atoms with Gasteiger partial charge in [-0.15, -0.1) is 0 Å². The summed E-state index contributed by atoms with van der Waals surface area (Å²) in [5, 5.41) is 0. The van der Waals surface area contributed by atoms with Gasteiger partial charge in [0.05, 0.1) is 11.8 Å². The zero-order valence-electron chi connectivity index (χ0n) is 6.81. The van der Waals surface area contributed by atoms with Gasteiger partial charge in [0.25, 0.3) is 0 Å². The average molecular weight is 191 g/mol. The molecule has 0 aromatic heterocycles. The fourth-order valence-corrected chi connectivity index (χ4v) is 1.87. The van der Waals surface area contributed by atoms with Gasteiger partial charge in [-0.3, -0.25) is 4.90 Å². The Morgan fingerprint density at radius 3 is 3.00 bits per heavy atom. The number of aldehydes is 1. The first kappa shape index (κ1) is 9.83. The fraction of sp³-hybridized carbons (Fsp3) is 0.857. The molecule has 0 bridgehead atoms. The highest BCUT2D eigenvalue weighted by atomic mass is 32.2. The highest BCUT2D eigenvalue weighted by Gasteiger charge is 2.23. The van der Waals surface area contributed by atoms with Gasteiger partial charge in [-0.1, -0.05) is 0 Å². The molecule has 0 aromatic carbocycles. The van der Waals surface area contributed by atoms with Crippen molar-refractivity contribution in [2.45, 2.75) is 18.9 Å². The molecule has 70 valence electrons. The zero-order valence-corrected chi connectivity index (χ0v) is 7.63. The van der Waals surface area contributed by atoms with Crippen molar-refractivity contribution in [3.63, 3.8) is 0 Å². The second-order valence-corrected chi connectivity index (χ2v) is 3.96. The molecule has 2 atom stereocenters. The maximum atomic E-state index is 10.5. The minimum atomic E-state index is -1.74. The van der Waals surface area contributed by atoms with Crippen molar-refractivity contribution in [1.29, 1.82) is 0 Å². The molecule has 1 N–H and O–H groups in total. The van der Waals surface area contributed by atoms with E-state index in [1.807, 2.05) is 4.90 Å². The third kappa shape index (κ3) is 2.66. The number of hydrogen-bond donors (Lipinski definition) is 1. The molecule has 0 spiro atoms. The van der Waals surface area contributed by atoms with Crippen molar-refractivity contribution in [1.82, 2.24) is 4.90 Å². The first-order valence-corrected chi connectivity index (χ1v) is 5.28. The van der Waals surface area contributed by atoms with Gasteiger partial charge in [0, 0.05) is 6.54 Å². The van der Waals surface area contributed by atoms with Gasteiger partial charge < -0.3 is 9.35 Å². The van der Waals surface area contributed by atoms with Crippen LogP contribution in [-0.2, 0) is 15.9 Å². The maximum absolute atomic E-state index is 10.5. The Labute approximate surface area is 74.2 Å². The average Bonchev–Trinajstić information content (AvgIpc) is 2.47. The highest BCUT2D eigenvalue weighted by Crippen LogP contribution is 2.14. The molecule has 0 saturated carbocycles. The molecule has 5 heteroatoms. The van der Waals surface area contributed by atoms with E-state index in [0.717, 1.165) is 25.7 Å². The molecule has 1 aliphatic rings. The number of likely N-dealkylation sites (tertiary alicyclic amines) is 1. The van der Waals surface area contributed by atoms with Crippen molar-refractivity contribution in [3.8, 4) is 0 Å². The molecule has 12 heavy (non-hydrogen) atoms. The van der Waals surface area contributed by atoms with Crippen LogP contribution in [-0.4, -0.2) is 44.8 Å². The summed E-state index contributed by atoms with van der Waals surface area (Å²) in [6.07, 6.45) is 2.83. The van der Waals surface area contributed by atoms with Crippen molar-refractivity contribution in [3.05, 3.63) is 0 Å². The molecule has 1 aliphatic heterocycles. The minimum absolute atomic E-state index is 0.0199. The van der Waals surface area contributed by atoms with E-state index in [1.54, 1.807) is 0 Å². The quantitative estimate of drug-likeness (QED) is 0.497. The highest BCUT2D eigenvalue weighted by molar-refractivity contribution is 7.79. The molecule has 1 unspecified atom stereocenters. The molecular weight excluding hydrogens is 178 g/mol. The lowest BCUT2D eigenvalue weighted by Gasteiger charge is -2.18. The van der Waals surface area contributed by atoms with Crippen LogP contribution in [0.25, 0.3) is 0 Å². The molecule has 0 aromatic rings. The second-order valence-electron chi connectivity index (χ2n) is 2.91. The standard InChI is InChI=1S/C7H13NO3S/c9-6-7-2-1-3-8(7)4-5-12(10)11/h6-7H,1-5H2,(H,10,11)/t7-/m0/s1. The molecule has 1 rings (SSSR count). The van der Waals surface area contributed by atoms with Crippen LogP contribution in [0.15, 0.2) is 0 Å². The predicted octanol–water partition coefficient (Wildman–Crippen LogP) is -0.129. The normalized spacial score (nSPS) is 27.2. The largest absolute Gasteiger partial charge is 0.306 e. The van der Waals surface area contributed by atoms with Crippen LogP contribution < -0.4 is 0 Å². The van der Waals surface area contributed by atoms with Gasteiger partial charge in [-0.25, -0.2) is 4.21 Å². The summed E-state index contributed by atoms with van der Waals surface area (Å²) in [6, 6.07) is -0.0199. The van der Waals surface area contributed by atoms with Gasteiger partial charge in [0.1, 0.15) is 6.29 Å². The Balaban J connectivity index is 2.30. The van der Waals surface area contributed by atoms with E-state index < -0.39 is 11.1 Å². The van der Waals surface area contributed by atoms with Crippen LogP contribution in [0, 0.1) is 0 Å². The summed E-state index contributed by atoms with van der Waals surface area (Å²) in [7, 11) is 0. The first-order valence-electron chi connectivity index (χ1n) is 4.01. The van der Waals surface area contributed by atoms with E-state index in [9.17, 15) is 9.00 Å². The van der Waals surface area contributed by atoms with Crippen molar-refractivity contribution >= 4 is 17.4 Å². The molecular formula is C7H13NO3S. The number of carbonyl (C=O) groups is 1. The lowest BCUT2D eigenvalue weighted by molar-refractivity contribution is -0.111. The number of hydrogen-bond acceptors (Lipinski definition) is 3. The summed E-state index contributed by atoms with van der Waals surface area (Å²) >= 11 is -1.74. The van der Waals surface area contributed by atoms with E-state index in [0.29, 0.717) is 6.54 Å². The third-order valence-electron chi connectivity index (χ3n) is 2.12. The third-order valence-corrected chi connectivity index (χ3v) is 2.66. The van der Waals surface area contributed by atoms with Gasteiger partial charge in [0.2, 0.25) is 0 Å². The number of nitrogens with zero attached hydrogens (tertiary/aromatic N) is 1. The molecule has 1 saturated heterocycles. The molecule has 0 aliphatic carbocycles. The lowest BCUT2D eigenvalue weighted by atomic mass is 10.2. The Morgan fingerprint density at radius 2 is 2.42 bits per heavy atom. The Hall–Kier alpha value is -0.260. The van der Waals surface area contributed by atoms with Gasteiger partial charge >= 0.3 is 0 Å². The van der Waals surface area contributed by atoms with E-state index in [2.05, 4.69) is 0 Å². The van der Waals surface area contributed by atoms with Gasteiger partial charge in [-0.2, -0.15) is 0 Å². The van der Waals surface area contributed by atoms with Crippen LogP contribution in [0.4, 0.5) is 0 Å². The monoisotopic (exact) mass is 191 g/mol. The Kier molecular flexibility index (Phi) is 3.84. The summed E-state index contributed by atoms with van der Waals surface area (Å²) in [5.41, 5.74) is 0. The Bertz CT molecular complexity index is 185. The van der Waals surface area contributed by atoms with Gasteiger partial charge in [0.15, 0.2) is 11.1 Å². The van der Waals surface area contributed by atoms with E-state index >= 15 is 0 Å². The summed E-state index contributed by atoms with van der Waals surface area (Å²) in [5.74, 6) is 0.240. The molecule has 4 nitrogen and oxygen atoms in total. The van der Waals surface area contributed by atoms with Crippen molar-refractivity contribution < 1.29 is 13.6 Å². The summed E-state index contributed by atoms with van der Waals surface area (Å²) in [6.45, 7) is 1.42. The summed E-state index contributed by atoms with van der Waals surface area (Å²) in [4.78, 5) is 12.4. The fourth-order valence-electron chi connectivity index (χ4n) is 1.48. The van der Waals surface area contributed by atoms with E-state index in [-0.39, 0.29) is 11.8 Å². The lowest BCUT2D eigenvalue weighted by Crippen LogP contribution is -2.33. The van der Waals surface area contributed by atoms with Crippen LogP contribution in [0.5, 0.6) is 0 Å². The molecule has 0 radical (unpaired) electrons. The van der Waals surface area contributed by atoms with Crippen LogP contribution in [0.3, 0.4) is 0 Å². The SMILES string of the molecule is O=C[C@@H]1CCCN1CCS(=O)O. The second kappa shape index (κ2) is 4.69. The van der Waals surface area contributed by atoms with Crippen LogP contribution in [0.1, 0.15) is 12.8 Å². The number of rotatable bonds is 4. The minimum Gasteiger partial charge on any atom is -0.306 e. The maximum Gasteiger partial charge on any atom is 0.154 e. The predicted molar refractivity (Wildman–Crippen MR) is 46.3 cm³/mol. The Morgan fingerprint density at radius 1 is 1.67 bits per heavy atom. The van der Waals surface area contributed by atoms with Crippen molar-refractivity contribution in [2.75, 3.05) is 18.8 Å². The topological polar surface area (TPSA) is 57.6 Å². The van der Waals surface area contributed by atoms with Crippen LogP contribution >= 0.6 is 0 Å². The first-order chi connectivity index (χ1) is 5.74.